The zero-order valence-electron chi connectivity index (χ0n) is 11.0. The van der Waals surface area contributed by atoms with Crippen molar-refractivity contribution >= 4 is 23.4 Å². The summed E-state index contributed by atoms with van der Waals surface area (Å²) in [5.74, 6) is 0. The third kappa shape index (κ3) is 2.57. The summed E-state index contributed by atoms with van der Waals surface area (Å²) in [5, 5.41) is 21.2. The van der Waals surface area contributed by atoms with Crippen LogP contribution in [0.15, 0.2) is 67.0 Å². The monoisotopic (exact) mass is 264 g/mol. The Kier molecular flexibility index (Phi) is 3.50. The fourth-order valence-electron chi connectivity index (χ4n) is 2.40. The van der Waals surface area contributed by atoms with E-state index in [1.165, 1.54) is 5.39 Å². The summed E-state index contributed by atoms with van der Waals surface area (Å²) in [6.07, 6.45) is 4.07. The fraction of sp³-hybridized carbons (Fsp3) is 0.0625. The first kappa shape index (κ1) is 12.8. The van der Waals surface area contributed by atoms with Crippen LogP contribution in [0.4, 0.5) is 0 Å². The quantitative estimate of drug-likeness (QED) is 0.544. The van der Waals surface area contributed by atoms with Crippen LogP contribution < -0.4 is 10.0 Å². The van der Waals surface area contributed by atoms with E-state index in [0.29, 0.717) is 12.0 Å². The van der Waals surface area contributed by atoms with E-state index in [4.69, 9.17) is 0 Å². The van der Waals surface area contributed by atoms with Crippen molar-refractivity contribution in [2.45, 2.75) is 6.54 Å². The summed E-state index contributed by atoms with van der Waals surface area (Å²) < 4.78 is 2.05. The standard InChI is InChI=1S/C16H15BNO2/c19-17(20)16-8-4-3-7-15(16)12-18-10-9-13-5-1-2-6-14(13)11-18/h1-11,19-20H,12H2/q+1. The summed E-state index contributed by atoms with van der Waals surface area (Å²) in [4.78, 5) is 0. The van der Waals surface area contributed by atoms with E-state index in [1.807, 2.05) is 41.1 Å². The second kappa shape index (κ2) is 5.45. The first-order valence-electron chi connectivity index (χ1n) is 6.56. The number of rotatable bonds is 3. The normalized spacial score (nSPS) is 10.7. The molecule has 0 fully saturated rings. The molecule has 0 bridgehead atoms. The van der Waals surface area contributed by atoms with Gasteiger partial charge in [0.2, 0.25) is 0 Å². The zero-order valence-corrected chi connectivity index (χ0v) is 11.0. The Bertz CT molecular complexity index is 743. The summed E-state index contributed by atoms with van der Waals surface area (Å²) in [5.41, 5.74) is 1.45. The van der Waals surface area contributed by atoms with Crippen LogP contribution in [0.3, 0.4) is 0 Å². The molecule has 0 saturated heterocycles. The minimum Gasteiger partial charge on any atom is -0.423 e. The molecule has 3 nitrogen and oxygen atoms in total. The van der Waals surface area contributed by atoms with Crippen LogP contribution in [0.1, 0.15) is 5.56 Å². The van der Waals surface area contributed by atoms with E-state index in [0.717, 1.165) is 10.9 Å². The molecule has 0 radical (unpaired) electrons. The molecule has 0 atom stereocenters. The first-order valence-corrected chi connectivity index (χ1v) is 6.56. The predicted octanol–water partition coefficient (Wildman–Crippen LogP) is 0.855. The predicted molar refractivity (Wildman–Crippen MR) is 79.5 cm³/mol. The van der Waals surface area contributed by atoms with Crippen molar-refractivity contribution in [1.29, 1.82) is 0 Å². The van der Waals surface area contributed by atoms with Crippen molar-refractivity contribution in [2.24, 2.45) is 0 Å². The van der Waals surface area contributed by atoms with Crippen molar-refractivity contribution < 1.29 is 14.6 Å². The summed E-state index contributed by atoms with van der Waals surface area (Å²) >= 11 is 0. The van der Waals surface area contributed by atoms with Crippen LogP contribution >= 0.6 is 0 Å². The average molecular weight is 264 g/mol. The number of nitrogens with zero attached hydrogens (tertiary/aromatic N) is 1. The molecule has 20 heavy (non-hydrogen) atoms. The van der Waals surface area contributed by atoms with Crippen molar-refractivity contribution in [1.82, 2.24) is 0 Å². The first-order chi connectivity index (χ1) is 9.74. The maximum Gasteiger partial charge on any atom is 0.488 e. The van der Waals surface area contributed by atoms with Gasteiger partial charge in [-0.1, -0.05) is 42.5 Å². The molecule has 3 rings (SSSR count). The third-order valence-corrected chi connectivity index (χ3v) is 3.43. The van der Waals surface area contributed by atoms with E-state index in [1.54, 1.807) is 6.07 Å². The largest absolute Gasteiger partial charge is 0.488 e. The minimum atomic E-state index is -1.44. The van der Waals surface area contributed by atoms with Crippen molar-refractivity contribution in [2.75, 3.05) is 0 Å². The zero-order chi connectivity index (χ0) is 13.9. The molecule has 0 spiro atoms. The number of aromatic nitrogens is 1. The summed E-state index contributed by atoms with van der Waals surface area (Å²) in [6.45, 7) is 0.610. The van der Waals surface area contributed by atoms with Gasteiger partial charge < -0.3 is 10.0 Å². The number of fused-ring (bicyclic) bond motifs is 1. The number of hydrogen-bond donors (Lipinski definition) is 2. The van der Waals surface area contributed by atoms with E-state index in [2.05, 4.69) is 24.4 Å². The Balaban J connectivity index is 1.97. The number of pyridine rings is 1. The molecule has 0 unspecified atom stereocenters. The van der Waals surface area contributed by atoms with Crippen LogP contribution in [0.5, 0.6) is 0 Å². The molecule has 98 valence electrons. The molecule has 3 aromatic rings. The highest BCUT2D eigenvalue weighted by atomic mass is 16.4. The summed E-state index contributed by atoms with van der Waals surface area (Å²) in [6, 6.07) is 17.6. The van der Waals surface area contributed by atoms with Gasteiger partial charge in [-0.25, -0.2) is 4.57 Å². The maximum absolute atomic E-state index is 9.40. The smallest absolute Gasteiger partial charge is 0.423 e. The van der Waals surface area contributed by atoms with Crippen LogP contribution in [-0.2, 0) is 6.54 Å². The van der Waals surface area contributed by atoms with Crippen LogP contribution in [0.2, 0.25) is 0 Å². The molecule has 2 N–H and O–H groups in total. The Hall–Kier alpha value is -2.17. The lowest BCUT2D eigenvalue weighted by Crippen LogP contribution is -2.40. The van der Waals surface area contributed by atoms with E-state index >= 15 is 0 Å². The van der Waals surface area contributed by atoms with Gasteiger partial charge >= 0.3 is 7.12 Å². The lowest BCUT2D eigenvalue weighted by Gasteiger charge is -2.06. The second-order valence-corrected chi connectivity index (χ2v) is 4.82. The molecule has 1 heterocycles. The highest BCUT2D eigenvalue weighted by Crippen LogP contribution is 2.10. The molecule has 0 aliphatic carbocycles. The SMILES string of the molecule is OB(O)c1ccccc1C[n+]1ccc2ccccc2c1. The maximum atomic E-state index is 9.40. The number of benzene rings is 2. The van der Waals surface area contributed by atoms with Gasteiger partial charge in [-0.3, -0.25) is 0 Å². The molecule has 1 aromatic heterocycles. The fourth-order valence-corrected chi connectivity index (χ4v) is 2.40. The molecule has 0 aliphatic heterocycles. The van der Waals surface area contributed by atoms with Crippen LogP contribution in [0, 0.1) is 0 Å². The minimum absolute atomic E-state index is 0.549. The van der Waals surface area contributed by atoms with Gasteiger partial charge in [-0.2, -0.15) is 0 Å². The average Bonchev–Trinajstić information content (AvgIpc) is 2.47. The van der Waals surface area contributed by atoms with Crippen LogP contribution in [-0.4, -0.2) is 17.2 Å². The number of hydrogen-bond acceptors (Lipinski definition) is 2. The van der Waals surface area contributed by atoms with E-state index in [9.17, 15) is 10.0 Å². The Morgan fingerprint density at radius 1 is 0.850 bits per heavy atom. The van der Waals surface area contributed by atoms with Crippen molar-refractivity contribution in [3.05, 3.63) is 72.6 Å². The van der Waals surface area contributed by atoms with Gasteiger partial charge in [0.05, 0.1) is 0 Å². The lowest BCUT2D eigenvalue weighted by atomic mass is 9.77. The lowest BCUT2D eigenvalue weighted by molar-refractivity contribution is -0.686. The molecule has 2 aromatic carbocycles. The van der Waals surface area contributed by atoms with Crippen LogP contribution in [0.25, 0.3) is 10.8 Å². The van der Waals surface area contributed by atoms with Crippen molar-refractivity contribution in [3.63, 3.8) is 0 Å². The molecule has 4 heteroatoms. The topological polar surface area (TPSA) is 44.3 Å². The van der Waals surface area contributed by atoms with Gasteiger partial charge in [0.25, 0.3) is 0 Å². The van der Waals surface area contributed by atoms with E-state index < -0.39 is 7.12 Å². The van der Waals surface area contributed by atoms with Gasteiger partial charge in [-0.05, 0) is 16.9 Å². The highest BCUT2D eigenvalue weighted by molar-refractivity contribution is 6.59. The van der Waals surface area contributed by atoms with E-state index in [-0.39, 0.29) is 0 Å². The van der Waals surface area contributed by atoms with Gasteiger partial charge in [0, 0.05) is 17.0 Å². The Morgan fingerprint density at radius 3 is 2.35 bits per heavy atom. The molecular weight excluding hydrogens is 249 g/mol. The van der Waals surface area contributed by atoms with Gasteiger partial charge in [0.1, 0.15) is 0 Å². The van der Waals surface area contributed by atoms with Gasteiger partial charge in [-0.15, -0.1) is 0 Å². The third-order valence-electron chi connectivity index (χ3n) is 3.43. The Labute approximate surface area is 117 Å². The molecule has 0 aliphatic rings. The molecule has 0 amide bonds. The van der Waals surface area contributed by atoms with Crippen molar-refractivity contribution in [3.8, 4) is 0 Å². The molecule has 0 saturated carbocycles. The highest BCUT2D eigenvalue weighted by Gasteiger charge is 2.17. The molecular formula is C16H15BNO2+. The van der Waals surface area contributed by atoms with Gasteiger partial charge in [0.15, 0.2) is 18.9 Å². The Morgan fingerprint density at radius 2 is 1.55 bits per heavy atom. The second-order valence-electron chi connectivity index (χ2n) is 4.82. The summed E-state index contributed by atoms with van der Waals surface area (Å²) in [7, 11) is -1.44.